The number of hydrogen-bond acceptors (Lipinski definition) is 3. The molecule has 2 aromatic heterocycles. The van der Waals surface area contributed by atoms with Crippen LogP contribution in [0.4, 0.5) is 0 Å². The van der Waals surface area contributed by atoms with Gasteiger partial charge in [-0.1, -0.05) is 24.3 Å². The quantitative estimate of drug-likeness (QED) is 0.664. The molecule has 2 nitrogen and oxygen atoms in total. The molecule has 20 heavy (non-hydrogen) atoms. The topological polar surface area (TPSA) is 25.8 Å². The van der Waals surface area contributed by atoms with Crippen LogP contribution in [-0.2, 0) is 12.8 Å². The molecular weight excluding hydrogens is 264 g/mol. The van der Waals surface area contributed by atoms with Gasteiger partial charge in [0.25, 0.3) is 0 Å². The molecule has 1 aliphatic rings. The molecule has 0 amide bonds. The second-order valence-electron chi connectivity index (χ2n) is 5.14. The number of aryl methyl sites for hydroxylation is 3. The predicted molar refractivity (Wildman–Crippen MR) is 82.9 cm³/mol. The van der Waals surface area contributed by atoms with Crippen molar-refractivity contribution >= 4 is 11.3 Å². The lowest BCUT2D eigenvalue weighted by atomic mass is 9.94. The fourth-order valence-corrected chi connectivity index (χ4v) is 3.73. The standard InChI is InChI=1S/C17H14N2S/c1-11-6-7-13(10-18-11)17-19-16-14-5-3-2-4-12(14)8-9-15(16)20-17/h2-7,10H,8-9H2,1H3. The van der Waals surface area contributed by atoms with E-state index in [0.29, 0.717) is 0 Å². The van der Waals surface area contributed by atoms with Gasteiger partial charge in [0.15, 0.2) is 0 Å². The van der Waals surface area contributed by atoms with Gasteiger partial charge in [-0.05, 0) is 37.5 Å². The SMILES string of the molecule is Cc1ccc(-c2nc3c(s2)CCc2ccccc2-3)cn1. The minimum absolute atomic E-state index is 1.04. The summed E-state index contributed by atoms with van der Waals surface area (Å²) in [5, 5.41) is 1.08. The normalized spacial score (nSPS) is 12.8. The Bertz CT molecular complexity index is 772. The molecular formula is C17H14N2S. The van der Waals surface area contributed by atoms with E-state index in [4.69, 9.17) is 4.98 Å². The summed E-state index contributed by atoms with van der Waals surface area (Å²) in [5.41, 5.74) is 6.05. The Morgan fingerprint density at radius 2 is 1.95 bits per heavy atom. The molecule has 0 spiro atoms. The third-order valence-corrected chi connectivity index (χ3v) is 4.91. The summed E-state index contributed by atoms with van der Waals surface area (Å²) in [5.74, 6) is 0. The summed E-state index contributed by atoms with van der Waals surface area (Å²) in [4.78, 5) is 10.6. The van der Waals surface area contributed by atoms with Crippen LogP contribution in [0.3, 0.4) is 0 Å². The van der Waals surface area contributed by atoms with E-state index in [1.165, 1.54) is 21.7 Å². The van der Waals surface area contributed by atoms with Crippen LogP contribution in [0.2, 0.25) is 0 Å². The molecule has 2 heterocycles. The Hall–Kier alpha value is -2.00. The highest BCUT2D eigenvalue weighted by Gasteiger charge is 2.20. The Morgan fingerprint density at radius 1 is 1.05 bits per heavy atom. The number of rotatable bonds is 1. The van der Waals surface area contributed by atoms with Gasteiger partial charge in [-0.15, -0.1) is 11.3 Å². The molecule has 0 saturated carbocycles. The van der Waals surface area contributed by atoms with Crippen LogP contribution in [0.5, 0.6) is 0 Å². The van der Waals surface area contributed by atoms with Crippen LogP contribution >= 0.6 is 11.3 Å². The zero-order chi connectivity index (χ0) is 13.5. The second-order valence-corrected chi connectivity index (χ2v) is 6.22. The number of aromatic nitrogens is 2. The van der Waals surface area contributed by atoms with Crippen molar-refractivity contribution in [1.82, 2.24) is 9.97 Å². The van der Waals surface area contributed by atoms with Crippen LogP contribution in [0.15, 0.2) is 42.6 Å². The molecule has 0 atom stereocenters. The molecule has 3 aromatic rings. The van der Waals surface area contributed by atoms with E-state index >= 15 is 0 Å². The Morgan fingerprint density at radius 3 is 2.80 bits per heavy atom. The van der Waals surface area contributed by atoms with E-state index in [1.54, 1.807) is 11.3 Å². The van der Waals surface area contributed by atoms with Crippen molar-refractivity contribution in [3.63, 3.8) is 0 Å². The first-order valence-electron chi connectivity index (χ1n) is 6.82. The van der Waals surface area contributed by atoms with Crippen molar-refractivity contribution in [1.29, 1.82) is 0 Å². The Balaban J connectivity index is 1.84. The van der Waals surface area contributed by atoms with Crippen molar-refractivity contribution < 1.29 is 0 Å². The summed E-state index contributed by atoms with van der Waals surface area (Å²) in [6.45, 7) is 2.01. The van der Waals surface area contributed by atoms with Gasteiger partial charge in [-0.25, -0.2) is 4.98 Å². The molecule has 3 heteroatoms. The zero-order valence-electron chi connectivity index (χ0n) is 11.3. The molecule has 0 N–H and O–H groups in total. The van der Waals surface area contributed by atoms with Gasteiger partial charge in [0.1, 0.15) is 5.01 Å². The fraction of sp³-hybridized carbons (Fsp3) is 0.176. The molecule has 0 bridgehead atoms. The minimum atomic E-state index is 1.04. The van der Waals surface area contributed by atoms with E-state index < -0.39 is 0 Å². The van der Waals surface area contributed by atoms with E-state index in [1.807, 2.05) is 19.2 Å². The van der Waals surface area contributed by atoms with Crippen LogP contribution in [0, 0.1) is 6.92 Å². The van der Waals surface area contributed by atoms with Gasteiger partial charge in [0.05, 0.1) is 5.69 Å². The summed E-state index contributed by atoms with van der Waals surface area (Å²) in [7, 11) is 0. The second kappa shape index (κ2) is 4.53. The van der Waals surface area contributed by atoms with Gasteiger partial charge in [0, 0.05) is 27.9 Å². The van der Waals surface area contributed by atoms with Gasteiger partial charge in [0.2, 0.25) is 0 Å². The average Bonchev–Trinajstić information content (AvgIpc) is 2.92. The first kappa shape index (κ1) is 11.8. The highest BCUT2D eigenvalue weighted by Crippen LogP contribution is 2.39. The minimum Gasteiger partial charge on any atom is -0.261 e. The molecule has 0 saturated heterocycles. The van der Waals surface area contributed by atoms with Crippen molar-refractivity contribution in [2.24, 2.45) is 0 Å². The maximum atomic E-state index is 4.87. The smallest absolute Gasteiger partial charge is 0.125 e. The molecule has 4 rings (SSSR count). The summed E-state index contributed by atoms with van der Waals surface area (Å²) >= 11 is 1.81. The van der Waals surface area contributed by atoms with E-state index in [-0.39, 0.29) is 0 Å². The molecule has 0 fully saturated rings. The molecule has 0 radical (unpaired) electrons. The largest absolute Gasteiger partial charge is 0.261 e. The highest BCUT2D eigenvalue weighted by atomic mass is 32.1. The number of pyridine rings is 1. The number of benzene rings is 1. The number of thiazole rings is 1. The fourth-order valence-electron chi connectivity index (χ4n) is 2.67. The van der Waals surface area contributed by atoms with E-state index in [2.05, 4.69) is 35.3 Å². The van der Waals surface area contributed by atoms with Crippen LogP contribution in [0.1, 0.15) is 16.1 Å². The third-order valence-electron chi connectivity index (χ3n) is 3.75. The van der Waals surface area contributed by atoms with E-state index in [9.17, 15) is 0 Å². The average molecular weight is 278 g/mol. The molecule has 98 valence electrons. The lowest BCUT2D eigenvalue weighted by Crippen LogP contribution is -2.01. The maximum absolute atomic E-state index is 4.87. The Kier molecular flexibility index (Phi) is 2.67. The number of hydrogen-bond donors (Lipinski definition) is 0. The van der Waals surface area contributed by atoms with Crippen LogP contribution in [-0.4, -0.2) is 9.97 Å². The van der Waals surface area contributed by atoms with Crippen molar-refractivity contribution in [3.05, 3.63) is 58.7 Å². The summed E-state index contributed by atoms with van der Waals surface area (Å²) in [6.07, 6.45) is 4.14. The lowest BCUT2D eigenvalue weighted by molar-refractivity contribution is 0.955. The highest BCUT2D eigenvalue weighted by molar-refractivity contribution is 7.15. The van der Waals surface area contributed by atoms with Gasteiger partial charge < -0.3 is 0 Å². The first-order valence-corrected chi connectivity index (χ1v) is 7.64. The van der Waals surface area contributed by atoms with Crippen LogP contribution in [0.25, 0.3) is 21.8 Å². The zero-order valence-corrected chi connectivity index (χ0v) is 12.1. The number of fused-ring (bicyclic) bond motifs is 3. The van der Waals surface area contributed by atoms with Crippen molar-refractivity contribution in [2.45, 2.75) is 19.8 Å². The summed E-state index contributed by atoms with van der Waals surface area (Å²) < 4.78 is 0. The molecule has 1 aromatic carbocycles. The lowest BCUT2D eigenvalue weighted by Gasteiger charge is -2.13. The van der Waals surface area contributed by atoms with E-state index in [0.717, 1.165) is 29.1 Å². The van der Waals surface area contributed by atoms with Crippen molar-refractivity contribution in [3.8, 4) is 21.8 Å². The first-order chi connectivity index (χ1) is 9.81. The van der Waals surface area contributed by atoms with Gasteiger partial charge in [-0.2, -0.15) is 0 Å². The van der Waals surface area contributed by atoms with Gasteiger partial charge in [-0.3, -0.25) is 4.98 Å². The third kappa shape index (κ3) is 1.86. The molecule has 0 unspecified atom stereocenters. The van der Waals surface area contributed by atoms with Crippen molar-refractivity contribution in [2.75, 3.05) is 0 Å². The predicted octanol–water partition coefficient (Wildman–Crippen LogP) is 4.28. The monoisotopic (exact) mass is 278 g/mol. The Labute approximate surface area is 122 Å². The van der Waals surface area contributed by atoms with Gasteiger partial charge >= 0.3 is 0 Å². The maximum Gasteiger partial charge on any atom is 0.125 e. The molecule has 0 aliphatic heterocycles. The molecule has 1 aliphatic carbocycles. The number of nitrogens with zero attached hydrogens (tertiary/aromatic N) is 2. The van der Waals surface area contributed by atoms with Crippen LogP contribution < -0.4 is 0 Å². The summed E-state index contributed by atoms with van der Waals surface area (Å²) in [6, 6.07) is 12.8.